The fourth-order valence-electron chi connectivity index (χ4n) is 1.34. The average molecular weight is 347 g/mol. The van der Waals surface area contributed by atoms with Crippen LogP contribution in [0.25, 0.3) is 0 Å². The van der Waals surface area contributed by atoms with Crippen molar-refractivity contribution in [2.45, 2.75) is 0 Å². The van der Waals surface area contributed by atoms with Gasteiger partial charge in [0.2, 0.25) is 0 Å². The van der Waals surface area contributed by atoms with Gasteiger partial charge in [0.15, 0.2) is 0 Å². The molecule has 0 fully saturated rings. The van der Waals surface area contributed by atoms with Gasteiger partial charge in [-0.05, 0) is 12.1 Å². The lowest BCUT2D eigenvalue weighted by Crippen LogP contribution is -2.34. The van der Waals surface area contributed by atoms with Gasteiger partial charge >= 0.3 is 23.6 Å². The van der Waals surface area contributed by atoms with Gasteiger partial charge in [-0.25, -0.2) is 0 Å². The van der Waals surface area contributed by atoms with E-state index in [2.05, 4.69) is 21.3 Å². The number of carbonyl (C=O) groups excluding carboxylic acids is 4. The molecule has 0 bridgehead atoms. The third-order valence-corrected chi connectivity index (χ3v) is 3.15. The maximum Gasteiger partial charge on any atom is 0.313 e. The lowest BCUT2D eigenvalue weighted by molar-refractivity contribution is -0.135. The summed E-state index contributed by atoms with van der Waals surface area (Å²) in [5.41, 5.74) is 0.0282. The molecular formula is C12H12Cl2N4O4. The topological polar surface area (TPSA) is 116 Å². The third kappa shape index (κ3) is 4.34. The number of rotatable bonds is 2. The molecule has 1 rings (SSSR count). The van der Waals surface area contributed by atoms with Gasteiger partial charge in [0.25, 0.3) is 0 Å². The molecule has 0 heterocycles. The third-order valence-electron chi connectivity index (χ3n) is 2.42. The summed E-state index contributed by atoms with van der Waals surface area (Å²) in [5.74, 6) is -3.74. The molecule has 118 valence electrons. The van der Waals surface area contributed by atoms with Gasteiger partial charge in [0.05, 0.1) is 21.4 Å². The number of nitrogens with one attached hydrogen (secondary N) is 4. The van der Waals surface area contributed by atoms with Crippen molar-refractivity contribution in [1.29, 1.82) is 0 Å². The van der Waals surface area contributed by atoms with E-state index in [1.54, 1.807) is 0 Å². The van der Waals surface area contributed by atoms with Crippen molar-refractivity contribution in [3.63, 3.8) is 0 Å². The van der Waals surface area contributed by atoms with Gasteiger partial charge in [-0.15, -0.1) is 0 Å². The van der Waals surface area contributed by atoms with Crippen LogP contribution in [-0.4, -0.2) is 37.7 Å². The Morgan fingerprint density at radius 3 is 1.32 bits per heavy atom. The van der Waals surface area contributed by atoms with Crippen molar-refractivity contribution >= 4 is 58.2 Å². The summed E-state index contributed by atoms with van der Waals surface area (Å²) < 4.78 is 0. The summed E-state index contributed by atoms with van der Waals surface area (Å²) in [6, 6.07) is 2.48. The van der Waals surface area contributed by atoms with Crippen LogP contribution in [0, 0.1) is 0 Å². The number of carbonyl (C=O) groups is 4. The zero-order chi connectivity index (χ0) is 16.9. The fourth-order valence-corrected chi connectivity index (χ4v) is 1.67. The van der Waals surface area contributed by atoms with E-state index >= 15 is 0 Å². The Bertz CT molecular complexity index is 593. The summed E-state index contributed by atoms with van der Waals surface area (Å²) in [4.78, 5) is 45.6. The van der Waals surface area contributed by atoms with Crippen LogP contribution in [0.5, 0.6) is 0 Å². The molecule has 1 aromatic rings. The maximum absolute atomic E-state index is 11.6. The molecule has 0 aromatic heterocycles. The van der Waals surface area contributed by atoms with Crippen molar-refractivity contribution < 1.29 is 19.2 Å². The number of anilines is 2. The number of hydrogen-bond acceptors (Lipinski definition) is 4. The van der Waals surface area contributed by atoms with Crippen LogP contribution >= 0.6 is 23.2 Å². The minimum Gasteiger partial charge on any atom is -0.351 e. The molecule has 22 heavy (non-hydrogen) atoms. The van der Waals surface area contributed by atoms with Gasteiger partial charge in [0, 0.05) is 14.1 Å². The highest BCUT2D eigenvalue weighted by Gasteiger charge is 2.18. The summed E-state index contributed by atoms with van der Waals surface area (Å²) in [6.45, 7) is 0. The van der Waals surface area contributed by atoms with Crippen LogP contribution in [-0.2, 0) is 19.2 Å². The first-order valence-corrected chi connectivity index (χ1v) is 6.61. The molecule has 0 spiro atoms. The number of likely N-dealkylation sites (N-methyl/N-ethyl adjacent to an activating group) is 2. The first kappa shape index (κ1) is 17.7. The smallest absolute Gasteiger partial charge is 0.313 e. The Morgan fingerprint density at radius 1 is 0.727 bits per heavy atom. The predicted octanol–water partition coefficient (Wildman–Crippen LogP) is 0.362. The summed E-state index contributed by atoms with van der Waals surface area (Å²) in [7, 11) is 2.57. The molecule has 4 N–H and O–H groups in total. The van der Waals surface area contributed by atoms with E-state index < -0.39 is 23.6 Å². The van der Waals surface area contributed by atoms with Crippen molar-refractivity contribution in [3.8, 4) is 0 Å². The number of halogens is 2. The van der Waals surface area contributed by atoms with Gasteiger partial charge in [0.1, 0.15) is 0 Å². The molecule has 4 amide bonds. The van der Waals surface area contributed by atoms with Crippen molar-refractivity contribution in [3.05, 3.63) is 22.2 Å². The molecule has 10 heteroatoms. The van der Waals surface area contributed by atoms with Gasteiger partial charge in [-0.2, -0.15) is 0 Å². The highest BCUT2D eigenvalue weighted by Crippen LogP contribution is 2.32. The number of hydrogen-bond donors (Lipinski definition) is 4. The van der Waals surface area contributed by atoms with E-state index in [0.29, 0.717) is 0 Å². The van der Waals surface area contributed by atoms with E-state index in [1.165, 1.54) is 26.2 Å². The summed E-state index contributed by atoms with van der Waals surface area (Å²) in [6.07, 6.45) is 0. The minimum absolute atomic E-state index is 0.0141. The van der Waals surface area contributed by atoms with Crippen LogP contribution in [0.1, 0.15) is 0 Å². The van der Waals surface area contributed by atoms with Gasteiger partial charge < -0.3 is 21.3 Å². The highest BCUT2D eigenvalue weighted by molar-refractivity contribution is 6.44. The van der Waals surface area contributed by atoms with Crippen molar-refractivity contribution in [1.82, 2.24) is 10.6 Å². The second-order valence-corrected chi connectivity index (χ2v) is 4.69. The second-order valence-electron chi connectivity index (χ2n) is 3.88. The fraction of sp³-hybridized carbons (Fsp3) is 0.167. The average Bonchev–Trinajstić information content (AvgIpc) is 2.50. The van der Waals surface area contributed by atoms with Crippen LogP contribution in [0.3, 0.4) is 0 Å². The predicted molar refractivity (Wildman–Crippen MR) is 81.9 cm³/mol. The van der Waals surface area contributed by atoms with Crippen molar-refractivity contribution in [2.75, 3.05) is 24.7 Å². The molecule has 1 aromatic carbocycles. The Kier molecular flexibility index (Phi) is 6.14. The Labute approximate surface area is 135 Å². The quantitative estimate of drug-likeness (QED) is 0.578. The van der Waals surface area contributed by atoms with E-state index in [9.17, 15) is 19.2 Å². The Morgan fingerprint density at radius 2 is 1.05 bits per heavy atom. The largest absolute Gasteiger partial charge is 0.351 e. The molecule has 0 atom stereocenters. The molecule has 0 aliphatic rings. The monoisotopic (exact) mass is 346 g/mol. The summed E-state index contributed by atoms with van der Waals surface area (Å²) >= 11 is 11.7. The molecule has 0 unspecified atom stereocenters. The first-order chi connectivity index (χ1) is 10.3. The Hall–Kier alpha value is -2.32. The normalized spacial score (nSPS) is 9.64. The van der Waals surface area contributed by atoms with Gasteiger partial charge in [-0.1, -0.05) is 23.2 Å². The van der Waals surface area contributed by atoms with Crippen LogP contribution in [0.15, 0.2) is 12.1 Å². The SMILES string of the molecule is CNC(=O)C(=O)Nc1cc(Cl)c(Cl)cc1NC(=O)C(=O)NC. The van der Waals surface area contributed by atoms with E-state index in [1.807, 2.05) is 0 Å². The summed E-state index contributed by atoms with van der Waals surface area (Å²) in [5, 5.41) is 8.96. The number of benzene rings is 1. The molecule has 0 radical (unpaired) electrons. The minimum atomic E-state index is -0.976. The zero-order valence-electron chi connectivity index (χ0n) is 11.5. The highest BCUT2D eigenvalue weighted by atomic mass is 35.5. The van der Waals surface area contributed by atoms with Crippen LogP contribution in [0.4, 0.5) is 11.4 Å². The van der Waals surface area contributed by atoms with Crippen molar-refractivity contribution in [2.24, 2.45) is 0 Å². The van der Waals surface area contributed by atoms with E-state index in [-0.39, 0.29) is 21.4 Å². The van der Waals surface area contributed by atoms with Crippen LogP contribution < -0.4 is 21.3 Å². The molecule has 0 saturated heterocycles. The molecular weight excluding hydrogens is 335 g/mol. The lowest BCUT2D eigenvalue weighted by Gasteiger charge is -2.13. The standard InChI is InChI=1S/C12H12Cl2N4O4/c1-15-9(19)11(21)17-7-3-5(13)6(14)4-8(7)18-12(22)10(20)16-2/h3-4H,1-2H3,(H,15,19)(H,16,20)(H,17,21)(H,18,22). The van der Waals surface area contributed by atoms with E-state index in [4.69, 9.17) is 23.2 Å². The first-order valence-electron chi connectivity index (χ1n) is 5.85. The molecule has 0 aliphatic carbocycles. The maximum atomic E-state index is 11.6. The van der Waals surface area contributed by atoms with E-state index in [0.717, 1.165) is 0 Å². The second kappa shape index (κ2) is 7.62. The zero-order valence-corrected chi connectivity index (χ0v) is 13.1. The van der Waals surface area contributed by atoms with Gasteiger partial charge in [-0.3, -0.25) is 19.2 Å². The van der Waals surface area contributed by atoms with Crippen LogP contribution in [0.2, 0.25) is 10.0 Å². The molecule has 0 saturated carbocycles. The lowest BCUT2D eigenvalue weighted by atomic mass is 10.2. The molecule has 0 aliphatic heterocycles. The Balaban J connectivity index is 3.12. The molecule has 8 nitrogen and oxygen atoms in total. The number of amides is 4.